The fraction of sp³-hybridized carbons (Fsp3) is 0. The molecule has 1 radical (unpaired) electrons. The molecule has 0 saturated heterocycles. The monoisotopic (exact) mass is 373 g/mol. The molecule has 0 aliphatic carbocycles. The Labute approximate surface area is 139 Å². The van der Waals surface area contributed by atoms with Gasteiger partial charge in [-0.05, 0) is 0 Å². The summed E-state index contributed by atoms with van der Waals surface area (Å²) in [5.41, 5.74) is 9.62. The standard InChI is InChI=1S/2C5H5N3O2.Co.2H2O/c2*6-4-3(5(9)10)7-1-2-8-4;;;/h2*1-2H,(H2,6,8)(H,9,10);;2*1H2/q;;+2;;. The molecular formula is C10H14CoN6O6+2. The topological polar surface area (TPSA) is 250 Å². The largest absolute Gasteiger partial charge is 2.00 e. The van der Waals surface area contributed by atoms with Crippen LogP contribution in [0.25, 0.3) is 0 Å². The molecule has 23 heavy (non-hydrogen) atoms. The summed E-state index contributed by atoms with van der Waals surface area (Å²) in [6.07, 6.45) is 5.09. The molecule has 0 amide bonds. The number of carbonyl (C=O) groups is 2. The number of aromatic nitrogens is 4. The molecule has 0 aliphatic rings. The van der Waals surface area contributed by atoms with Crippen molar-refractivity contribution in [3.8, 4) is 0 Å². The van der Waals surface area contributed by atoms with Crippen molar-refractivity contribution in [1.82, 2.24) is 19.9 Å². The van der Waals surface area contributed by atoms with Crippen LogP contribution in [0.1, 0.15) is 21.0 Å². The van der Waals surface area contributed by atoms with Crippen molar-refractivity contribution in [2.24, 2.45) is 0 Å². The SMILES string of the molecule is Nc1nccnc1C(=O)[O-].Nc1nccnc1C(=O)[O-].[Co+2].[OH3+].[OH3+]. The molecule has 2 rings (SSSR count). The van der Waals surface area contributed by atoms with E-state index in [0.29, 0.717) is 0 Å². The van der Waals surface area contributed by atoms with E-state index in [9.17, 15) is 19.8 Å². The zero-order chi connectivity index (χ0) is 15.1. The van der Waals surface area contributed by atoms with Gasteiger partial charge in [-0.2, -0.15) is 0 Å². The van der Waals surface area contributed by atoms with Crippen molar-refractivity contribution in [1.29, 1.82) is 0 Å². The number of carboxylic acid groups (broad SMARTS) is 2. The second-order valence-electron chi connectivity index (χ2n) is 3.16. The van der Waals surface area contributed by atoms with Crippen molar-refractivity contribution >= 4 is 23.6 Å². The Bertz CT molecular complexity index is 587. The number of aromatic carboxylic acids is 2. The van der Waals surface area contributed by atoms with Gasteiger partial charge in [-0.15, -0.1) is 0 Å². The molecule has 127 valence electrons. The van der Waals surface area contributed by atoms with Gasteiger partial charge in [0.2, 0.25) is 0 Å². The first-order chi connectivity index (χ1) is 9.43. The Morgan fingerprint density at radius 3 is 1.17 bits per heavy atom. The normalized spacial score (nSPS) is 8.00. The molecular weight excluding hydrogens is 359 g/mol. The van der Waals surface area contributed by atoms with Crippen molar-refractivity contribution < 1.29 is 47.5 Å². The number of carbonyl (C=O) groups excluding carboxylic acids is 2. The molecule has 0 aromatic carbocycles. The van der Waals surface area contributed by atoms with Gasteiger partial charge >= 0.3 is 16.8 Å². The molecule has 0 spiro atoms. The summed E-state index contributed by atoms with van der Waals surface area (Å²) in [4.78, 5) is 34.1. The first kappa shape index (κ1) is 25.1. The van der Waals surface area contributed by atoms with E-state index in [1.165, 1.54) is 24.8 Å². The van der Waals surface area contributed by atoms with Gasteiger partial charge in [-0.3, -0.25) is 0 Å². The Morgan fingerprint density at radius 2 is 1.00 bits per heavy atom. The first-order valence-corrected chi connectivity index (χ1v) is 4.99. The molecule has 0 unspecified atom stereocenters. The minimum Gasteiger partial charge on any atom is -0.543 e. The summed E-state index contributed by atoms with van der Waals surface area (Å²) in [6.45, 7) is 0. The van der Waals surface area contributed by atoms with Crippen molar-refractivity contribution in [2.45, 2.75) is 0 Å². The number of anilines is 2. The maximum atomic E-state index is 10.1. The summed E-state index contributed by atoms with van der Waals surface area (Å²) in [5, 5.41) is 20.3. The molecule has 13 heteroatoms. The predicted octanol–water partition coefficient (Wildman–Crippen LogP) is -5.00. The number of carboxylic acids is 2. The Morgan fingerprint density at radius 1 is 0.739 bits per heavy atom. The van der Waals surface area contributed by atoms with Gasteiger partial charge in [0.15, 0.2) is 11.6 Å². The average Bonchev–Trinajstić information content (AvgIpc) is 2.40. The fourth-order valence-corrected chi connectivity index (χ4v) is 1.01. The molecule has 0 bridgehead atoms. The first-order valence-electron chi connectivity index (χ1n) is 4.99. The van der Waals surface area contributed by atoms with Gasteiger partial charge in [0.1, 0.15) is 11.4 Å². The fourth-order valence-electron chi connectivity index (χ4n) is 1.01. The number of nitrogens with zero attached hydrogens (tertiary/aromatic N) is 4. The predicted molar refractivity (Wildman–Crippen MR) is 71.3 cm³/mol. The second kappa shape index (κ2) is 11.8. The summed E-state index contributed by atoms with van der Waals surface area (Å²) in [5.74, 6) is -3.07. The van der Waals surface area contributed by atoms with Crippen LogP contribution in [-0.2, 0) is 27.7 Å². The van der Waals surface area contributed by atoms with Crippen molar-refractivity contribution in [3.63, 3.8) is 0 Å². The smallest absolute Gasteiger partial charge is 0.543 e. The molecule has 0 aliphatic heterocycles. The van der Waals surface area contributed by atoms with E-state index in [0.717, 1.165) is 0 Å². The van der Waals surface area contributed by atoms with Crippen LogP contribution in [0.15, 0.2) is 24.8 Å². The van der Waals surface area contributed by atoms with Gasteiger partial charge in [-0.25, -0.2) is 19.9 Å². The van der Waals surface area contributed by atoms with Crippen LogP contribution in [0.3, 0.4) is 0 Å². The minimum atomic E-state index is -1.41. The van der Waals surface area contributed by atoms with Gasteiger partial charge in [-0.1, -0.05) is 0 Å². The number of nitrogen functional groups attached to an aromatic ring is 2. The van der Waals surface area contributed by atoms with Crippen LogP contribution >= 0.6 is 0 Å². The number of nitrogens with two attached hydrogens (primary N) is 2. The van der Waals surface area contributed by atoms with E-state index < -0.39 is 11.9 Å². The number of hydrogen-bond acceptors (Lipinski definition) is 10. The average molecular weight is 373 g/mol. The quantitative estimate of drug-likeness (QED) is 0.474. The molecule has 0 saturated carbocycles. The third-order valence-electron chi connectivity index (χ3n) is 1.84. The Balaban J connectivity index is -0.000000308. The molecule has 12 nitrogen and oxygen atoms in total. The number of rotatable bonds is 2. The van der Waals surface area contributed by atoms with Crippen LogP contribution in [-0.4, -0.2) is 31.9 Å². The summed E-state index contributed by atoms with van der Waals surface area (Å²) < 4.78 is 0. The van der Waals surface area contributed by atoms with Crippen LogP contribution in [0.5, 0.6) is 0 Å². The summed E-state index contributed by atoms with van der Waals surface area (Å²) in [7, 11) is 0. The second-order valence-corrected chi connectivity index (χ2v) is 3.16. The van der Waals surface area contributed by atoms with E-state index in [1.807, 2.05) is 0 Å². The van der Waals surface area contributed by atoms with Crippen LogP contribution < -0.4 is 21.7 Å². The molecule has 2 aromatic rings. The third-order valence-corrected chi connectivity index (χ3v) is 1.84. The van der Waals surface area contributed by atoms with Crippen LogP contribution in [0, 0.1) is 0 Å². The van der Waals surface area contributed by atoms with Crippen molar-refractivity contribution in [3.05, 3.63) is 36.2 Å². The summed E-state index contributed by atoms with van der Waals surface area (Å²) in [6, 6.07) is 0. The minimum absolute atomic E-state index is 0. The van der Waals surface area contributed by atoms with Gasteiger partial charge in [0, 0.05) is 24.8 Å². The maximum Gasteiger partial charge on any atom is 2.00 e. The van der Waals surface area contributed by atoms with Gasteiger partial charge in [0.05, 0.1) is 11.9 Å². The van der Waals surface area contributed by atoms with Gasteiger partial charge in [0.25, 0.3) is 0 Å². The molecule has 0 atom stereocenters. The zero-order valence-electron chi connectivity index (χ0n) is 11.4. The van der Waals surface area contributed by atoms with E-state index >= 15 is 0 Å². The van der Waals surface area contributed by atoms with Crippen LogP contribution in [0.4, 0.5) is 11.6 Å². The molecule has 0 fully saturated rings. The van der Waals surface area contributed by atoms with E-state index in [-0.39, 0.29) is 50.8 Å². The Hall–Kier alpha value is -2.87. The zero-order valence-corrected chi connectivity index (χ0v) is 12.4. The third kappa shape index (κ3) is 7.62. The van der Waals surface area contributed by atoms with Crippen molar-refractivity contribution in [2.75, 3.05) is 11.5 Å². The Kier molecular flexibility index (Phi) is 12.8. The van der Waals surface area contributed by atoms with E-state index in [1.54, 1.807) is 0 Å². The van der Waals surface area contributed by atoms with E-state index in [2.05, 4.69) is 19.9 Å². The van der Waals surface area contributed by atoms with Gasteiger partial charge < -0.3 is 42.2 Å². The molecule has 10 N–H and O–H groups in total. The van der Waals surface area contributed by atoms with E-state index in [4.69, 9.17) is 11.5 Å². The number of hydrogen-bond donors (Lipinski definition) is 2. The maximum absolute atomic E-state index is 10.1. The molecule has 2 heterocycles. The summed E-state index contributed by atoms with van der Waals surface area (Å²) >= 11 is 0. The van der Waals surface area contributed by atoms with Crippen LogP contribution in [0.2, 0.25) is 0 Å². The molecule has 2 aromatic heterocycles.